The molecular weight excluding hydrogens is 526 g/mol. The summed E-state index contributed by atoms with van der Waals surface area (Å²) >= 11 is 0. The molecular formula is C36H74BrN. The van der Waals surface area contributed by atoms with E-state index in [4.69, 9.17) is 0 Å². The Morgan fingerprint density at radius 2 is 0.737 bits per heavy atom. The SMILES string of the molecule is CCCCCCCCCCCCCCCCC1CC[NH+](CCCCCCCCCCCCCCCC)C1.[Br-]. The number of unbranched alkanes of at least 4 members (excludes halogenated alkanes) is 26. The first-order chi connectivity index (χ1) is 18.4. The van der Waals surface area contributed by atoms with Gasteiger partial charge in [-0.3, -0.25) is 0 Å². The van der Waals surface area contributed by atoms with Crippen molar-refractivity contribution < 1.29 is 21.9 Å². The molecule has 0 aromatic carbocycles. The number of quaternary nitrogens is 1. The maximum absolute atomic E-state index is 2.31. The van der Waals surface area contributed by atoms with Gasteiger partial charge in [-0.05, 0) is 19.3 Å². The van der Waals surface area contributed by atoms with E-state index in [1.54, 1.807) is 0 Å². The van der Waals surface area contributed by atoms with Crippen LogP contribution >= 0.6 is 0 Å². The van der Waals surface area contributed by atoms with Crippen molar-refractivity contribution in [3.63, 3.8) is 0 Å². The first-order valence-corrected chi connectivity index (χ1v) is 18.2. The molecule has 2 unspecified atom stereocenters. The molecule has 2 heteroatoms. The van der Waals surface area contributed by atoms with Crippen LogP contribution in [0, 0.1) is 5.92 Å². The van der Waals surface area contributed by atoms with E-state index in [-0.39, 0.29) is 17.0 Å². The first kappa shape index (κ1) is 38.4. The van der Waals surface area contributed by atoms with Crippen LogP contribution in [0.2, 0.25) is 0 Å². The van der Waals surface area contributed by atoms with Gasteiger partial charge in [0.25, 0.3) is 0 Å². The van der Waals surface area contributed by atoms with Gasteiger partial charge in [0.15, 0.2) is 0 Å². The van der Waals surface area contributed by atoms with Gasteiger partial charge in [-0.15, -0.1) is 0 Å². The Kier molecular flexibility index (Phi) is 32.3. The first-order valence-electron chi connectivity index (χ1n) is 18.2. The Labute approximate surface area is 253 Å². The van der Waals surface area contributed by atoms with E-state index in [1.165, 1.54) is 212 Å². The van der Waals surface area contributed by atoms with E-state index in [9.17, 15) is 0 Å². The van der Waals surface area contributed by atoms with E-state index in [2.05, 4.69) is 13.8 Å². The number of hydrogen-bond acceptors (Lipinski definition) is 0. The fraction of sp³-hybridized carbons (Fsp3) is 1.00. The highest BCUT2D eigenvalue weighted by atomic mass is 79.9. The topological polar surface area (TPSA) is 4.44 Å². The van der Waals surface area contributed by atoms with Crippen LogP contribution in [0.25, 0.3) is 0 Å². The van der Waals surface area contributed by atoms with Gasteiger partial charge in [-0.1, -0.05) is 181 Å². The highest BCUT2D eigenvalue weighted by Gasteiger charge is 2.24. The van der Waals surface area contributed by atoms with E-state index < -0.39 is 0 Å². The molecule has 1 N–H and O–H groups in total. The van der Waals surface area contributed by atoms with Crippen molar-refractivity contribution in [3.05, 3.63) is 0 Å². The van der Waals surface area contributed by atoms with Gasteiger partial charge in [0.05, 0.1) is 19.6 Å². The second-order valence-corrected chi connectivity index (χ2v) is 13.1. The lowest BCUT2D eigenvalue weighted by Crippen LogP contribution is -3.10. The molecule has 38 heavy (non-hydrogen) atoms. The molecule has 0 radical (unpaired) electrons. The summed E-state index contributed by atoms with van der Waals surface area (Å²) in [7, 11) is 0. The Bertz CT molecular complexity index is 388. The summed E-state index contributed by atoms with van der Waals surface area (Å²) in [4.78, 5) is 1.94. The van der Waals surface area contributed by atoms with Crippen molar-refractivity contribution in [1.82, 2.24) is 0 Å². The third-order valence-electron chi connectivity index (χ3n) is 9.33. The van der Waals surface area contributed by atoms with Crippen LogP contribution in [0.5, 0.6) is 0 Å². The lowest BCUT2D eigenvalue weighted by molar-refractivity contribution is -0.889. The maximum atomic E-state index is 2.31. The lowest BCUT2D eigenvalue weighted by atomic mass is 9.99. The van der Waals surface area contributed by atoms with Gasteiger partial charge >= 0.3 is 0 Å². The van der Waals surface area contributed by atoms with Crippen LogP contribution in [0.1, 0.15) is 206 Å². The summed E-state index contributed by atoms with van der Waals surface area (Å²) in [5.41, 5.74) is 0. The highest BCUT2D eigenvalue weighted by molar-refractivity contribution is 4.63. The molecule has 1 rings (SSSR count). The van der Waals surface area contributed by atoms with Gasteiger partial charge in [-0.25, -0.2) is 0 Å². The number of hydrogen-bond donors (Lipinski definition) is 1. The zero-order chi connectivity index (χ0) is 26.5. The minimum Gasteiger partial charge on any atom is -1.00 e. The zero-order valence-corrected chi connectivity index (χ0v) is 28.4. The molecule has 1 nitrogen and oxygen atoms in total. The summed E-state index contributed by atoms with van der Waals surface area (Å²) in [5, 5.41) is 0. The van der Waals surface area contributed by atoms with Gasteiger partial charge in [0, 0.05) is 12.3 Å². The summed E-state index contributed by atoms with van der Waals surface area (Å²) in [6, 6.07) is 0. The van der Waals surface area contributed by atoms with Crippen molar-refractivity contribution in [3.8, 4) is 0 Å². The fourth-order valence-electron chi connectivity index (χ4n) is 6.69. The van der Waals surface area contributed by atoms with Crippen molar-refractivity contribution in [2.45, 2.75) is 206 Å². The molecule has 0 spiro atoms. The molecule has 2 atom stereocenters. The Hall–Kier alpha value is 0.440. The minimum absolute atomic E-state index is 0. The van der Waals surface area contributed by atoms with Crippen molar-refractivity contribution >= 4 is 0 Å². The molecule has 1 fully saturated rings. The Morgan fingerprint density at radius 3 is 1.11 bits per heavy atom. The summed E-state index contributed by atoms with van der Waals surface area (Å²) in [6.45, 7) is 9.06. The van der Waals surface area contributed by atoms with E-state index in [0.717, 1.165) is 5.92 Å². The summed E-state index contributed by atoms with van der Waals surface area (Å²) < 4.78 is 0. The Morgan fingerprint density at radius 1 is 0.421 bits per heavy atom. The molecule has 0 bridgehead atoms. The molecule has 0 saturated carbocycles. The fourth-order valence-corrected chi connectivity index (χ4v) is 6.69. The quantitative estimate of drug-likeness (QED) is 0.0792. The van der Waals surface area contributed by atoms with Crippen LogP contribution in [-0.4, -0.2) is 19.6 Å². The molecule has 1 aliphatic rings. The second-order valence-electron chi connectivity index (χ2n) is 13.1. The smallest absolute Gasteiger partial charge is 0.0801 e. The monoisotopic (exact) mass is 600 g/mol. The van der Waals surface area contributed by atoms with Crippen molar-refractivity contribution in [2.24, 2.45) is 5.92 Å². The number of likely N-dealkylation sites (tertiary alicyclic amines) is 1. The third kappa shape index (κ3) is 26.7. The highest BCUT2D eigenvalue weighted by Crippen LogP contribution is 2.17. The predicted molar refractivity (Wildman–Crippen MR) is 169 cm³/mol. The average molecular weight is 601 g/mol. The summed E-state index contributed by atoms with van der Waals surface area (Å²) in [6.07, 6.45) is 44.4. The zero-order valence-electron chi connectivity index (χ0n) is 26.8. The molecule has 0 aliphatic carbocycles. The Balaban J connectivity index is 0.0000137. The van der Waals surface area contributed by atoms with Crippen molar-refractivity contribution in [1.29, 1.82) is 0 Å². The van der Waals surface area contributed by atoms with Crippen LogP contribution in [0.4, 0.5) is 0 Å². The second kappa shape index (κ2) is 32.0. The molecule has 1 heterocycles. The molecule has 230 valence electrons. The van der Waals surface area contributed by atoms with Gasteiger partial charge in [0.1, 0.15) is 0 Å². The maximum Gasteiger partial charge on any atom is 0.0801 e. The van der Waals surface area contributed by atoms with E-state index >= 15 is 0 Å². The molecule has 0 aromatic heterocycles. The molecule has 0 aromatic rings. The molecule has 1 saturated heterocycles. The predicted octanol–water partition coefficient (Wildman–Crippen LogP) is 8.25. The largest absolute Gasteiger partial charge is 1.00 e. The average Bonchev–Trinajstić information content (AvgIpc) is 3.36. The molecule has 0 amide bonds. The normalized spacial score (nSPS) is 17.2. The van der Waals surface area contributed by atoms with Gasteiger partial charge in [0.2, 0.25) is 0 Å². The van der Waals surface area contributed by atoms with Crippen LogP contribution in [0.3, 0.4) is 0 Å². The van der Waals surface area contributed by atoms with Gasteiger partial charge in [-0.2, -0.15) is 0 Å². The van der Waals surface area contributed by atoms with Crippen LogP contribution in [0.15, 0.2) is 0 Å². The number of halogens is 1. The molecule has 1 aliphatic heterocycles. The van der Waals surface area contributed by atoms with Gasteiger partial charge < -0.3 is 21.9 Å². The number of nitrogens with one attached hydrogen (secondary N) is 1. The minimum atomic E-state index is 0. The number of rotatable bonds is 30. The van der Waals surface area contributed by atoms with Crippen LogP contribution < -0.4 is 21.9 Å². The third-order valence-corrected chi connectivity index (χ3v) is 9.33. The summed E-state index contributed by atoms with van der Waals surface area (Å²) in [5.74, 6) is 1.05. The van der Waals surface area contributed by atoms with Crippen LogP contribution in [-0.2, 0) is 0 Å². The van der Waals surface area contributed by atoms with Crippen molar-refractivity contribution in [2.75, 3.05) is 19.6 Å². The van der Waals surface area contributed by atoms with E-state index in [0.29, 0.717) is 0 Å². The lowest BCUT2D eigenvalue weighted by Gasteiger charge is -2.13. The standard InChI is InChI=1S/C36H73N.BrH/c1-3-5-7-9-11-13-15-17-19-21-23-25-27-29-31-36-32-34-37(35-36)33-30-28-26-24-22-20-18-16-14-12-10-8-6-4-2;/h36H,3-35H2,1-2H3;1H. The van der Waals surface area contributed by atoms with E-state index in [1.807, 2.05) is 4.90 Å².